The van der Waals surface area contributed by atoms with Crippen LogP contribution in [-0.2, 0) is 7.05 Å². The van der Waals surface area contributed by atoms with Crippen LogP contribution in [0.1, 0.15) is 28.5 Å². The molecule has 0 saturated carbocycles. The van der Waals surface area contributed by atoms with E-state index >= 15 is 0 Å². The lowest BCUT2D eigenvalue weighted by Gasteiger charge is -2.09. The van der Waals surface area contributed by atoms with Crippen molar-refractivity contribution in [3.05, 3.63) is 41.2 Å². The van der Waals surface area contributed by atoms with Crippen LogP contribution >= 0.6 is 0 Å². The number of aryl methyl sites for hydroxylation is 3. The molecule has 5 heteroatoms. The summed E-state index contributed by atoms with van der Waals surface area (Å²) < 4.78 is 1.68. The highest BCUT2D eigenvalue weighted by atomic mass is 16.1. The maximum absolute atomic E-state index is 12.2. The van der Waals surface area contributed by atoms with Crippen LogP contribution in [0.2, 0.25) is 0 Å². The molecule has 2 aromatic rings. The van der Waals surface area contributed by atoms with E-state index in [2.05, 4.69) is 15.7 Å². The molecule has 5 nitrogen and oxygen atoms in total. The molecule has 20 heavy (non-hydrogen) atoms. The van der Waals surface area contributed by atoms with Gasteiger partial charge in [0, 0.05) is 31.0 Å². The van der Waals surface area contributed by atoms with Gasteiger partial charge in [-0.3, -0.25) is 9.48 Å². The lowest BCUT2D eigenvalue weighted by molar-refractivity contribution is 0.102. The molecule has 106 valence electrons. The van der Waals surface area contributed by atoms with Crippen molar-refractivity contribution in [2.45, 2.75) is 20.8 Å². The first-order valence-electron chi connectivity index (χ1n) is 6.67. The second-order valence-electron chi connectivity index (χ2n) is 4.82. The Bertz CT molecular complexity index is 631. The monoisotopic (exact) mass is 272 g/mol. The van der Waals surface area contributed by atoms with Gasteiger partial charge in [0.1, 0.15) is 0 Å². The molecule has 0 fully saturated rings. The summed E-state index contributed by atoms with van der Waals surface area (Å²) in [5.41, 5.74) is 4.31. The average molecular weight is 272 g/mol. The molecule has 0 aliphatic carbocycles. The fraction of sp³-hybridized carbons (Fsp3) is 0.333. The minimum atomic E-state index is -0.118. The minimum Gasteiger partial charge on any atom is -0.385 e. The van der Waals surface area contributed by atoms with Gasteiger partial charge in [0.05, 0.1) is 11.4 Å². The van der Waals surface area contributed by atoms with Crippen LogP contribution in [0, 0.1) is 13.8 Å². The third-order valence-corrected chi connectivity index (χ3v) is 3.12. The van der Waals surface area contributed by atoms with Gasteiger partial charge in [0.15, 0.2) is 0 Å². The number of aromatic nitrogens is 2. The highest BCUT2D eigenvalue weighted by molar-refractivity contribution is 6.04. The van der Waals surface area contributed by atoms with Gasteiger partial charge in [-0.15, -0.1) is 0 Å². The van der Waals surface area contributed by atoms with Crippen molar-refractivity contribution >= 4 is 17.3 Å². The average Bonchev–Trinajstić information content (AvgIpc) is 2.70. The summed E-state index contributed by atoms with van der Waals surface area (Å²) in [6.45, 7) is 6.77. The zero-order valence-electron chi connectivity index (χ0n) is 12.3. The Kier molecular flexibility index (Phi) is 4.08. The molecule has 2 N–H and O–H groups in total. The minimum absolute atomic E-state index is 0.118. The standard InChI is InChI=1S/C15H20N4O/c1-5-16-13-7-6-12(8-10(13)2)15(20)17-14-9-19(4)18-11(14)3/h6-9,16H,5H2,1-4H3,(H,17,20). The van der Waals surface area contributed by atoms with Gasteiger partial charge in [-0.05, 0) is 44.5 Å². The van der Waals surface area contributed by atoms with Crippen LogP contribution in [0.25, 0.3) is 0 Å². The van der Waals surface area contributed by atoms with Crippen LogP contribution in [0.15, 0.2) is 24.4 Å². The van der Waals surface area contributed by atoms with E-state index in [4.69, 9.17) is 0 Å². The molecule has 0 saturated heterocycles. The van der Waals surface area contributed by atoms with E-state index in [9.17, 15) is 4.79 Å². The maximum Gasteiger partial charge on any atom is 0.255 e. The largest absolute Gasteiger partial charge is 0.385 e. The molecule has 1 heterocycles. The number of carbonyl (C=O) groups excluding carboxylic acids is 1. The molecule has 1 aromatic heterocycles. The van der Waals surface area contributed by atoms with E-state index in [0.29, 0.717) is 5.56 Å². The Hall–Kier alpha value is -2.30. The Morgan fingerprint density at radius 3 is 2.60 bits per heavy atom. The van der Waals surface area contributed by atoms with Gasteiger partial charge in [-0.25, -0.2) is 0 Å². The molecule has 0 spiro atoms. The van der Waals surface area contributed by atoms with Gasteiger partial charge in [0.25, 0.3) is 5.91 Å². The fourth-order valence-electron chi connectivity index (χ4n) is 2.11. The Morgan fingerprint density at radius 1 is 1.30 bits per heavy atom. The third-order valence-electron chi connectivity index (χ3n) is 3.12. The van der Waals surface area contributed by atoms with E-state index in [1.54, 1.807) is 10.9 Å². The normalized spacial score (nSPS) is 10.4. The molecule has 0 atom stereocenters. The summed E-state index contributed by atoms with van der Waals surface area (Å²) in [5.74, 6) is -0.118. The number of rotatable bonds is 4. The van der Waals surface area contributed by atoms with E-state index in [1.807, 2.05) is 46.0 Å². The van der Waals surface area contributed by atoms with Crippen LogP contribution in [0.5, 0.6) is 0 Å². The molecule has 0 radical (unpaired) electrons. The van der Waals surface area contributed by atoms with Crippen molar-refractivity contribution in [3.63, 3.8) is 0 Å². The first-order chi connectivity index (χ1) is 9.51. The SMILES string of the molecule is CCNc1ccc(C(=O)Nc2cn(C)nc2C)cc1C. The van der Waals surface area contributed by atoms with Crippen molar-refractivity contribution < 1.29 is 4.79 Å². The van der Waals surface area contributed by atoms with Crippen molar-refractivity contribution in [2.24, 2.45) is 7.05 Å². The molecule has 0 unspecified atom stereocenters. The maximum atomic E-state index is 12.2. The predicted molar refractivity (Wildman–Crippen MR) is 81.2 cm³/mol. The van der Waals surface area contributed by atoms with Gasteiger partial charge in [-0.2, -0.15) is 5.10 Å². The lowest BCUT2D eigenvalue weighted by Crippen LogP contribution is -2.12. The zero-order chi connectivity index (χ0) is 14.7. The lowest BCUT2D eigenvalue weighted by atomic mass is 10.1. The van der Waals surface area contributed by atoms with E-state index in [-0.39, 0.29) is 5.91 Å². The molecular formula is C15H20N4O. The number of carbonyl (C=O) groups is 1. The Labute approximate surface area is 119 Å². The molecule has 1 amide bonds. The quantitative estimate of drug-likeness (QED) is 0.899. The highest BCUT2D eigenvalue weighted by Gasteiger charge is 2.11. The molecular weight excluding hydrogens is 252 g/mol. The van der Waals surface area contributed by atoms with Crippen molar-refractivity contribution in [3.8, 4) is 0 Å². The van der Waals surface area contributed by atoms with Gasteiger partial charge < -0.3 is 10.6 Å². The summed E-state index contributed by atoms with van der Waals surface area (Å²) in [6.07, 6.45) is 1.80. The second kappa shape index (κ2) is 5.77. The Balaban J connectivity index is 2.17. The van der Waals surface area contributed by atoms with Crippen LogP contribution in [0.4, 0.5) is 11.4 Å². The third kappa shape index (κ3) is 2.99. The molecule has 2 rings (SSSR count). The van der Waals surface area contributed by atoms with Gasteiger partial charge >= 0.3 is 0 Å². The number of hydrogen-bond acceptors (Lipinski definition) is 3. The van der Waals surface area contributed by atoms with E-state index in [0.717, 1.165) is 29.2 Å². The number of anilines is 2. The summed E-state index contributed by atoms with van der Waals surface area (Å²) in [7, 11) is 1.83. The zero-order valence-corrected chi connectivity index (χ0v) is 12.3. The second-order valence-corrected chi connectivity index (χ2v) is 4.82. The molecule has 0 aliphatic heterocycles. The number of benzene rings is 1. The van der Waals surface area contributed by atoms with Crippen LogP contribution in [-0.4, -0.2) is 22.2 Å². The summed E-state index contributed by atoms with van der Waals surface area (Å²) in [5, 5.41) is 10.3. The van der Waals surface area contributed by atoms with E-state index in [1.165, 1.54) is 0 Å². The molecule has 0 aliphatic rings. The van der Waals surface area contributed by atoms with Gasteiger partial charge in [-0.1, -0.05) is 0 Å². The number of amides is 1. The highest BCUT2D eigenvalue weighted by Crippen LogP contribution is 2.18. The topological polar surface area (TPSA) is 59.0 Å². The number of hydrogen-bond donors (Lipinski definition) is 2. The number of nitrogens with zero attached hydrogens (tertiary/aromatic N) is 2. The predicted octanol–water partition coefficient (Wildman–Crippen LogP) is 2.72. The smallest absolute Gasteiger partial charge is 0.255 e. The van der Waals surface area contributed by atoms with E-state index < -0.39 is 0 Å². The number of nitrogens with one attached hydrogen (secondary N) is 2. The van der Waals surface area contributed by atoms with Crippen molar-refractivity contribution in [2.75, 3.05) is 17.2 Å². The van der Waals surface area contributed by atoms with Crippen molar-refractivity contribution in [1.29, 1.82) is 0 Å². The van der Waals surface area contributed by atoms with Crippen LogP contribution in [0.3, 0.4) is 0 Å². The van der Waals surface area contributed by atoms with Crippen molar-refractivity contribution in [1.82, 2.24) is 9.78 Å². The summed E-state index contributed by atoms with van der Waals surface area (Å²) in [6, 6.07) is 5.65. The molecule has 1 aromatic carbocycles. The fourth-order valence-corrected chi connectivity index (χ4v) is 2.11. The van der Waals surface area contributed by atoms with Gasteiger partial charge in [0.2, 0.25) is 0 Å². The Morgan fingerprint density at radius 2 is 2.05 bits per heavy atom. The molecule has 0 bridgehead atoms. The summed E-state index contributed by atoms with van der Waals surface area (Å²) >= 11 is 0. The summed E-state index contributed by atoms with van der Waals surface area (Å²) in [4.78, 5) is 12.2. The first kappa shape index (κ1) is 14.1. The van der Waals surface area contributed by atoms with Crippen LogP contribution < -0.4 is 10.6 Å². The first-order valence-corrected chi connectivity index (χ1v) is 6.67.